The highest BCUT2D eigenvalue weighted by Gasteiger charge is 2.48. The summed E-state index contributed by atoms with van der Waals surface area (Å²) < 4.78 is 34.8. The summed E-state index contributed by atoms with van der Waals surface area (Å²) >= 11 is 12.4. The summed E-state index contributed by atoms with van der Waals surface area (Å²) in [4.78, 5) is 13.5. The first-order chi connectivity index (χ1) is 18.2. The molecule has 4 bridgehead atoms. The molecule has 0 radical (unpaired) electrons. The van der Waals surface area contributed by atoms with E-state index in [1.165, 1.54) is 56.4 Å². The minimum Gasteiger partial charge on any atom is -0.456 e. The van der Waals surface area contributed by atoms with Crippen LogP contribution in [0, 0.1) is 23.7 Å². The van der Waals surface area contributed by atoms with Crippen molar-refractivity contribution in [2.75, 3.05) is 4.72 Å². The number of ether oxygens (including phenoxy) is 1. The van der Waals surface area contributed by atoms with Crippen molar-refractivity contribution in [3.8, 4) is 11.5 Å². The Morgan fingerprint density at radius 1 is 0.842 bits per heavy atom. The van der Waals surface area contributed by atoms with Crippen molar-refractivity contribution < 1.29 is 17.9 Å². The molecular weight excluding hydrogens is 543 g/mol. The highest BCUT2D eigenvalue weighted by Crippen LogP contribution is 2.53. The lowest BCUT2D eigenvalue weighted by Gasteiger charge is -2.54. The number of halogens is 2. The summed E-state index contributed by atoms with van der Waals surface area (Å²) in [5, 5.41) is 4.06. The number of rotatable bonds is 7. The normalized spacial score (nSPS) is 25.7. The number of nitrogens with one attached hydrogen (secondary N) is 2. The molecule has 2 N–H and O–H groups in total. The molecule has 0 heterocycles. The third-order valence-electron chi connectivity index (χ3n) is 8.19. The number of sulfonamides is 1. The maximum atomic E-state index is 13.4. The van der Waals surface area contributed by atoms with Crippen LogP contribution in [0.1, 0.15) is 42.5 Å². The van der Waals surface area contributed by atoms with Crippen molar-refractivity contribution in [1.29, 1.82) is 0 Å². The first-order valence-corrected chi connectivity index (χ1v) is 15.1. The maximum Gasteiger partial charge on any atom is 0.261 e. The summed E-state index contributed by atoms with van der Waals surface area (Å²) in [5.41, 5.74) is 0.403. The lowest BCUT2D eigenvalue weighted by Crippen LogP contribution is -2.55. The molecule has 38 heavy (non-hydrogen) atoms. The topological polar surface area (TPSA) is 84.5 Å². The van der Waals surface area contributed by atoms with Crippen LogP contribution in [0.2, 0.25) is 10.0 Å². The van der Waals surface area contributed by atoms with Gasteiger partial charge in [-0.15, -0.1) is 0 Å². The predicted molar refractivity (Wildman–Crippen MR) is 149 cm³/mol. The van der Waals surface area contributed by atoms with Crippen LogP contribution in [0.5, 0.6) is 11.5 Å². The van der Waals surface area contributed by atoms with Crippen LogP contribution >= 0.6 is 23.2 Å². The summed E-state index contributed by atoms with van der Waals surface area (Å²) in [7, 11) is -3.98. The van der Waals surface area contributed by atoms with Gasteiger partial charge in [-0.25, -0.2) is 8.42 Å². The summed E-state index contributed by atoms with van der Waals surface area (Å²) in [6.45, 7) is 0. The number of amides is 1. The van der Waals surface area contributed by atoms with Crippen molar-refractivity contribution in [1.82, 2.24) is 5.32 Å². The van der Waals surface area contributed by atoms with E-state index < -0.39 is 10.0 Å². The van der Waals surface area contributed by atoms with Gasteiger partial charge in [0.15, 0.2) is 0 Å². The third kappa shape index (κ3) is 5.12. The van der Waals surface area contributed by atoms with Gasteiger partial charge in [0.1, 0.15) is 11.5 Å². The van der Waals surface area contributed by atoms with Crippen LogP contribution in [-0.4, -0.2) is 20.4 Å². The molecule has 198 valence electrons. The molecule has 6 nitrogen and oxygen atoms in total. The van der Waals surface area contributed by atoms with E-state index in [9.17, 15) is 13.2 Å². The van der Waals surface area contributed by atoms with Crippen LogP contribution in [0.4, 0.5) is 5.69 Å². The zero-order chi connectivity index (χ0) is 26.4. The smallest absolute Gasteiger partial charge is 0.261 e. The van der Waals surface area contributed by atoms with Gasteiger partial charge < -0.3 is 10.1 Å². The fourth-order valence-corrected chi connectivity index (χ4v) is 8.15. The van der Waals surface area contributed by atoms with Gasteiger partial charge >= 0.3 is 0 Å². The average Bonchev–Trinajstić information content (AvgIpc) is 2.88. The Kier molecular flexibility index (Phi) is 6.79. The number of hydrogen-bond acceptors (Lipinski definition) is 4. The molecule has 0 unspecified atom stereocenters. The molecule has 4 aliphatic carbocycles. The van der Waals surface area contributed by atoms with Gasteiger partial charge in [0, 0.05) is 11.1 Å². The quantitative estimate of drug-likeness (QED) is 0.316. The van der Waals surface area contributed by atoms with Crippen LogP contribution in [0.25, 0.3) is 0 Å². The predicted octanol–water partition coefficient (Wildman–Crippen LogP) is 7.14. The number of para-hydroxylation sites is 1. The van der Waals surface area contributed by atoms with E-state index in [4.69, 9.17) is 27.9 Å². The molecule has 1 amide bonds. The first kappa shape index (κ1) is 25.5. The Hall–Kier alpha value is -2.74. The summed E-state index contributed by atoms with van der Waals surface area (Å²) in [6, 6.07) is 17.8. The zero-order valence-corrected chi connectivity index (χ0v) is 22.9. The summed E-state index contributed by atoms with van der Waals surface area (Å²) in [6.07, 6.45) is 6.01. The molecule has 4 saturated carbocycles. The molecule has 0 aliphatic heterocycles. The van der Waals surface area contributed by atoms with Crippen molar-refractivity contribution in [3.63, 3.8) is 0 Å². The van der Waals surface area contributed by atoms with Crippen LogP contribution < -0.4 is 14.8 Å². The largest absolute Gasteiger partial charge is 0.456 e. The van der Waals surface area contributed by atoms with Gasteiger partial charge in [-0.05, 0) is 110 Å². The third-order valence-corrected chi connectivity index (χ3v) is 10.1. The molecule has 0 spiro atoms. The monoisotopic (exact) mass is 570 g/mol. The molecule has 0 aromatic heterocycles. The Balaban J connectivity index is 1.19. The Morgan fingerprint density at radius 3 is 2.16 bits per heavy atom. The van der Waals surface area contributed by atoms with Crippen LogP contribution in [-0.2, 0) is 10.0 Å². The fraction of sp³-hybridized carbons (Fsp3) is 0.345. The number of anilines is 1. The average molecular weight is 572 g/mol. The van der Waals surface area contributed by atoms with E-state index in [1.807, 2.05) is 0 Å². The lowest BCUT2D eigenvalue weighted by atomic mass is 9.54. The number of carbonyl (C=O) groups is 1. The molecule has 4 aliphatic rings. The highest BCUT2D eigenvalue weighted by atomic mass is 35.5. The van der Waals surface area contributed by atoms with Crippen molar-refractivity contribution in [3.05, 3.63) is 82.3 Å². The first-order valence-electron chi connectivity index (χ1n) is 12.9. The molecule has 4 fully saturated rings. The zero-order valence-electron chi connectivity index (χ0n) is 20.6. The van der Waals surface area contributed by atoms with Crippen LogP contribution in [0.3, 0.4) is 0 Å². The van der Waals surface area contributed by atoms with E-state index >= 15 is 0 Å². The van der Waals surface area contributed by atoms with Gasteiger partial charge in [0.2, 0.25) is 0 Å². The van der Waals surface area contributed by atoms with Gasteiger partial charge in [-0.2, -0.15) is 0 Å². The molecule has 3 aromatic rings. The minimum absolute atomic E-state index is 0.0337. The van der Waals surface area contributed by atoms with Gasteiger partial charge in [-0.1, -0.05) is 35.3 Å². The fourth-order valence-electron chi connectivity index (χ4n) is 6.73. The molecule has 0 atom stereocenters. The van der Waals surface area contributed by atoms with E-state index in [0.717, 1.165) is 11.8 Å². The van der Waals surface area contributed by atoms with Crippen molar-refractivity contribution in [2.24, 2.45) is 23.7 Å². The molecular formula is C29H28Cl2N2O4S. The van der Waals surface area contributed by atoms with E-state index in [2.05, 4.69) is 10.0 Å². The van der Waals surface area contributed by atoms with Gasteiger partial charge in [0.05, 0.1) is 21.2 Å². The van der Waals surface area contributed by atoms with Crippen LogP contribution in [0.15, 0.2) is 71.6 Å². The van der Waals surface area contributed by atoms with Gasteiger partial charge in [-0.3, -0.25) is 9.52 Å². The summed E-state index contributed by atoms with van der Waals surface area (Å²) in [5.74, 6) is 3.20. The maximum absolute atomic E-state index is 13.4. The second-order valence-corrected chi connectivity index (χ2v) is 13.3. The number of hydrogen-bond donors (Lipinski definition) is 2. The molecule has 9 heteroatoms. The lowest BCUT2D eigenvalue weighted by molar-refractivity contribution is -0.0119. The Bertz CT molecular complexity index is 1450. The van der Waals surface area contributed by atoms with Crippen molar-refractivity contribution in [2.45, 2.75) is 43.0 Å². The Morgan fingerprint density at radius 2 is 1.50 bits per heavy atom. The highest BCUT2D eigenvalue weighted by molar-refractivity contribution is 7.92. The molecule has 7 rings (SSSR count). The van der Waals surface area contributed by atoms with Gasteiger partial charge in [0.25, 0.3) is 15.9 Å². The second kappa shape index (κ2) is 10.1. The molecule has 0 saturated heterocycles. The standard InChI is InChI=1S/C29H28Cl2N2O4S/c30-21-5-10-26(24(16-21)29(34)32-28-19-12-17-11-18(14-19)15-20(28)13-17)33-38(35,36)23-8-6-22(7-9-23)37-27-4-2-1-3-25(27)31/h1-10,16-20,28,33H,11-15H2,(H,32,34). The Labute approximate surface area is 232 Å². The van der Waals surface area contributed by atoms with E-state index in [-0.39, 0.29) is 28.1 Å². The number of benzene rings is 3. The van der Waals surface area contributed by atoms with E-state index in [0.29, 0.717) is 33.4 Å². The SMILES string of the molecule is O=C(NC1C2CC3CC(C2)CC1C3)c1cc(Cl)ccc1NS(=O)(=O)c1ccc(Oc2ccccc2Cl)cc1. The minimum atomic E-state index is -3.98. The van der Waals surface area contributed by atoms with E-state index in [1.54, 1.807) is 42.5 Å². The molecule has 3 aromatic carbocycles. The second-order valence-electron chi connectivity index (χ2n) is 10.7. The van der Waals surface area contributed by atoms with Crippen molar-refractivity contribution >= 4 is 44.8 Å². The number of carbonyl (C=O) groups excluding carboxylic acids is 1.